The molecule has 2 amide bonds. The Balaban J connectivity index is 1.55. The maximum atomic E-state index is 12.6. The van der Waals surface area contributed by atoms with E-state index in [0.29, 0.717) is 44.2 Å². The molecule has 2 aromatic rings. The van der Waals surface area contributed by atoms with E-state index in [1.807, 2.05) is 74.2 Å². The van der Waals surface area contributed by atoms with Gasteiger partial charge in [-0.2, -0.15) is 0 Å². The van der Waals surface area contributed by atoms with Crippen molar-refractivity contribution in [2.45, 2.75) is 20.8 Å². The number of amides is 2. The standard InChI is InChI=1S/C23H29N3O3/c1-17(2)23(28)26-14-12-25(13-15-26)16-22(27)24-20-6-4-5-7-21(20)29-19-10-8-18(3)9-11-19/h4-11,17H,12-16H2,1-3H3,(H,24,27). The van der Waals surface area contributed by atoms with Gasteiger partial charge >= 0.3 is 0 Å². The fraction of sp³-hybridized carbons (Fsp3) is 0.391. The van der Waals surface area contributed by atoms with E-state index in [4.69, 9.17) is 4.74 Å². The third-order valence-electron chi connectivity index (χ3n) is 4.96. The zero-order valence-corrected chi connectivity index (χ0v) is 17.4. The Bertz CT molecular complexity index is 841. The van der Waals surface area contributed by atoms with E-state index >= 15 is 0 Å². The predicted octanol–water partition coefficient (Wildman–Crippen LogP) is 3.53. The molecule has 1 saturated heterocycles. The molecule has 6 nitrogen and oxygen atoms in total. The molecule has 6 heteroatoms. The lowest BCUT2D eigenvalue weighted by molar-refractivity contribution is -0.136. The summed E-state index contributed by atoms with van der Waals surface area (Å²) in [6, 6.07) is 15.2. The second-order valence-corrected chi connectivity index (χ2v) is 7.72. The Morgan fingerprint density at radius 3 is 2.31 bits per heavy atom. The molecule has 1 fully saturated rings. The van der Waals surface area contributed by atoms with Gasteiger partial charge in [-0.15, -0.1) is 0 Å². The summed E-state index contributed by atoms with van der Waals surface area (Å²) in [4.78, 5) is 28.6. The summed E-state index contributed by atoms with van der Waals surface area (Å²) in [6.07, 6.45) is 0. The van der Waals surface area contributed by atoms with Crippen molar-refractivity contribution < 1.29 is 14.3 Å². The first-order valence-corrected chi connectivity index (χ1v) is 10.1. The van der Waals surface area contributed by atoms with Crippen molar-refractivity contribution in [3.63, 3.8) is 0 Å². The fourth-order valence-electron chi connectivity index (χ4n) is 3.28. The van der Waals surface area contributed by atoms with Crippen molar-refractivity contribution in [2.24, 2.45) is 5.92 Å². The summed E-state index contributed by atoms with van der Waals surface area (Å²) in [5, 5.41) is 2.96. The molecule has 0 unspecified atom stereocenters. The molecule has 29 heavy (non-hydrogen) atoms. The number of hydrogen-bond donors (Lipinski definition) is 1. The second-order valence-electron chi connectivity index (χ2n) is 7.72. The highest BCUT2D eigenvalue weighted by atomic mass is 16.5. The number of carbonyl (C=O) groups is 2. The normalized spacial score (nSPS) is 14.7. The van der Waals surface area contributed by atoms with E-state index in [0.717, 1.165) is 11.3 Å². The monoisotopic (exact) mass is 395 g/mol. The largest absolute Gasteiger partial charge is 0.455 e. The Kier molecular flexibility index (Phi) is 6.88. The SMILES string of the molecule is Cc1ccc(Oc2ccccc2NC(=O)CN2CCN(C(=O)C(C)C)CC2)cc1. The average Bonchev–Trinajstić information content (AvgIpc) is 2.71. The minimum atomic E-state index is -0.0893. The van der Waals surface area contributed by atoms with E-state index < -0.39 is 0 Å². The molecule has 2 aromatic carbocycles. The number of nitrogens with zero attached hydrogens (tertiary/aromatic N) is 2. The average molecular weight is 396 g/mol. The highest BCUT2D eigenvalue weighted by molar-refractivity contribution is 5.93. The summed E-state index contributed by atoms with van der Waals surface area (Å²) in [7, 11) is 0. The van der Waals surface area contributed by atoms with Crippen LogP contribution in [0.25, 0.3) is 0 Å². The number of para-hydroxylation sites is 2. The van der Waals surface area contributed by atoms with Gasteiger partial charge in [0.25, 0.3) is 0 Å². The lowest BCUT2D eigenvalue weighted by atomic mass is 10.1. The first-order chi connectivity index (χ1) is 13.9. The van der Waals surface area contributed by atoms with Crippen LogP contribution in [0.1, 0.15) is 19.4 Å². The van der Waals surface area contributed by atoms with Gasteiger partial charge in [0.05, 0.1) is 12.2 Å². The van der Waals surface area contributed by atoms with Gasteiger partial charge in [-0.1, -0.05) is 43.7 Å². The van der Waals surface area contributed by atoms with E-state index in [-0.39, 0.29) is 17.7 Å². The first kappa shape index (κ1) is 20.9. The van der Waals surface area contributed by atoms with Gasteiger partial charge in [0.2, 0.25) is 11.8 Å². The zero-order valence-electron chi connectivity index (χ0n) is 17.4. The molecule has 1 aliphatic heterocycles. The van der Waals surface area contributed by atoms with Crippen LogP contribution in [0.4, 0.5) is 5.69 Å². The van der Waals surface area contributed by atoms with Crippen molar-refractivity contribution in [1.29, 1.82) is 0 Å². The molecule has 154 valence electrons. The van der Waals surface area contributed by atoms with Crippen LogP contribution in [0, 0.1) is 12.8 Å². The van der Waals surface area contributed by atoms with Crippen LogP contribution in [0.15, 0.2) is 48.5 Å². The molecular formula is C23H29N3O3. The number of piperazine rings is 1. The Labute approximate surface area is 172 Å². The highest BCUT2D eigenvalue weighted by Crippen LogP contribution is 2.29. The van der Waals surface area contributed by atoms with E-state index in [1.165, 1.54) is 0 Å². The first-order valence-electron chi connectivity index (χ1n) is 10.1. The van der Waals surface area contributed by atoms with Crippen molar-refractivity contribution >= 4 is 17.5 Å². The number of carbonyl (C=O) groups excluding carboxylic acids is 2. The van der Waals surface area contributed by atoms with E-state index in [2.05, 4.69) is 10.2 Å². The van der Waals surface area contributed by atoms with E-state index in [1.54, 1.807) is 0 Å². The molecule has 0 saturated carbocycles. The molecule has 1 aliphatic rings. The maximum Gasteiger partial charge on any atom is 0.238 e. The molecule has 0 aromatic heterocycles. The van der Waals surface area contributed by atoms with E-state index in [9.17, 15) is 9.59 Å². The second kappa shape index (κ2) is 9.56. The Hall–Kier alpha value is -2.86. The third kappa shape index (κ3) is 5.81. The number of hydrogen-bond acceptors (Lipinski definition) is 4. The topological polar surface area (TPSA) is 61.9 Å². The molecule has 0 atom stereocenters. The number of rotatable bonds is 6. The summed E-state index contributed by atoms with van der Waals surface area (Å²) < 4.78 is 5.95. The third-order valence-corrected chi connectivity index (χ3v) is 4.96. The van der Waals surface area contributed by atoms with Crippen LogP contribution in [-0.4, -0.2) is 54.3 Å². The van der Waals surface area contributed by atoms with Gasteiger partial charge < -0.3 is 15.0 Å². The van der Waals surface area contributed by atoms with Crippen molar-refractivity contribution in [1.82, 2.24) is 9.80 Å². The summed E-state index contributed by atoms with van der Waals surface area (Å²) in [5.74, 6) is 1.43. The minimum Gasteiger partial charge on any atom is -0.455 e. The highest BCUT2D eigenvalue weighted by Gasteiger charge is 2.24. The molecule has 3 rings (SSSR count). The molecular weight excluding hydrogens is 366 g/mol. The van der Waals surface area contributed by atoms with Gasteiger partial charge in [-0.25, -0.2) is 0 Å². The van der Waals surface area contributed by atoms with Crippen LogP contribution >= 0.6 is 0 Å². The zero-order chi connectivity index (χ0) is 20.8. The van der Waals surface area contributed by atoms with Gasteiger partial charge in [-0.3, -0.25) is 14.5 Å². The number of anilines is 1. The number of aryl methyl sites for hydroxylation is 1. The molecule has 1 N–H and O–H groups in total. The lowest BCUT2D eigenvalue weighted by Crippen LogP contribution is -2.51. The molecule has 1 heterocycles. The number of ether oxygens (including phenoxy) is 1. The smallest absolute Gasteiger partial charge is 0.238 e. The molecule has 0 radical (unpaired) electrons. The molecule has 0 bridgehead atoms. The fourth-order valence-corrected chi connectivity index (χ4v) is 3.28. The molecule has 0 spiro atoms. The van der Waals surface area contributed by atoms with Crippen LogP contribution < -0.4 is 10.1 Å². The quantitative estimate of drug-likeness (QED) is 0.813. The van der Waals surface area contributed by atoms with Crippen LogP contribution in [0.5, 0.6) is 11.5 Å². The maximum absolute atomic E-state index is 12.6. The lowest BCUT2D eigenvalue weighted by Gasteiger charge is -2.35. The summed E-state index contributed by atoms with van der Waals surface area (Å²) in [6.45, 7) is 8.88. The van der Waals surface area contributed by atoms with Crippen LogP contribution in [0.3, 0.4) is 0 Å². The van der Waals surface area contributed by atoms with Crippen LogP contribution in [-0.2, 0) is 9.59 Å². The van der Waals surface area contributed by atoms with Crippen LogP contribution in [0.2, 0.25) is 0 Å². The predicted molar refractivity (Wildman–Crippen MR) is 114 cm³/mol. The summed E-state index contributed by atoms with van der Waals surface area (Å²) >= 11 is 0. The molecule has 0 aliphatic carbocycles. The van der Waals surface area contributed by atoms with Crippen molar-refractivity contribution in [2.75, 3.05) is 38.0 Å². The number of benzene rings is 2. The summed E-state index contributed by atoms with van der Waals surface area (Å²) in [5.41, 5.74) is 1.81. The van der Waals surface area contributed by atoms with Gasteiger partial charge in [0.15, 0.2) is 5.75 Å². The van der Waals surface area contributed by atoms with Gasteiger partial charge in [0, 0.05) is 32.1 Å². The Morgan fingerprint density at radius 2 is 1.66 bits per heavy atom. The van der Waals surface area contributed by atoms with Gasteiger partial charge in [-0.05, 0) is 31.2 Å². The van der Waals surface area contributed by atoms with Crippen molar-refractivity contribution in [3.05, 3.63) is 54.1 Å². The number of nitrogens with one attached hydrogen (secondary N) is 1. The van der Waals surface area contributed by atoms with Crippen molar-refractivity contribution in [3.8, 4) is 11.5 Å². The van der Waals surface area contributed by atoms with Gasteiger partial charge in [0.1, 0.15) is 5.75 Å². The Morgan fingerprint density at radius 1 is 1.00 bits per heavy atom. The minimum absolute atomic E-state index is 0.00915.